The third-order valence-electron chi connectivity index (χ3n) is 5.43. The van der Waals surface area contributed by atoms with Gasteiger partial charge in [-0.2, -0.15) is 5.10 Å². The number of aryl methyl sites for hydroxylation is 3. The number of nitrogens with zero attached hydrogens (tertiary/aromatic N) is 3. The molecular formula is C24H24FN5O3S. The quantitative estimate of drug-likeness (QED) is 0.412. The fraction of sp³-hybridized carbons (Fsp3) is 0.208. The van der Waals surface area contributed by atoms with Gasteiger partial charge in [-0.05, 0) is 63.1 Å². The first kappa shape index (κ1) is 23.4. The van der Waals surface area contributed by atoms with Crippen LogP contribution in [-0.2, 0) is 21.2 Å². The van der Waals surface area contributed by atoms with Crippen molar-refractivity contribution in [2.45, 2.75) is 38.5 Å². The van der Waals surface area contributed by atoms with Crippen LogP contribution >= 0.6 is 0 Å². The number of nitrogens with one attached hydrogen (secondary N) is 2. The normalized spacial score (nSPS) is 11.5. The number of carbonyl (C=O) groups excluding carboxylic acids is 1. The molecular weight excluding hydrogens is 457 g/mol. The Morgan fingerprint density at radius 2 is 1.82 bits per heavy atom. The van der Waals surface area contributed by atoms with Crippen molar-refractivity contribution < 1.29 is 17.6 Å². The molecule has 0 aliphatic rings. The van der Waals surface area contributed by atoms with Gasteiger partial charge in [0.25, 0.3) is 10.0 Å². The lowest BCUT2D eigenvalue weighted by molar-refractivity contribution is -0.116. The summed E-state index contributed by atoms with van der Waals surface area (Å²) in [5, 5.41) is 7.18. The van der Waals surface area contributed by atoms with E-state index in [1.807, 2.05) is 26.8 Å². The van der Waals surface area contributed by atoms with Gasteiger partial charge >= 0.3 is 0 Å². The van der Waals surface area contributed by atoms with Crippen molar-refractivity contribution in [1.82, 2.24) is 14.6 Å². The number of hydrogen-bond donors (Lipinski definition) is 2. The van der Waals surface area contributed by atoms with Gasteiger partial charge in [0.2, 0.25) is 5.91 Å². The second-order valence-electron chi connectivity index (χ2n) is 7.98. The molecule has 0 atom stereocenters. The maximum Gasteiger partial charge on any atom is 0.262 e. The Morgan fingerprint density at radius 3 is 2.59 bits per heavy atom. The fourth-order valence-corrected chi connectivity index (χ4v) is 4.87. The molecule has 2 heterocycles. The van der Waals surface area contributed by atoms with Gasteiger partial charge < -0.3 is 5.32 Å². The highest BCUT2D eigenvalue weighted by Gasteiger charge is 2.18. The van der Waals surface area contributed by atoms with Crippen molar-refractivity contribution in [1.29, 1.82) is 0 Å². The number of carbonyl (C=O) groups is 1. The summed E-state index contributed by atoms with van der Waals surface area (Å²) in [6, 6.07) is 13.2. The molecule has 0 saturated carbocycles. The Labute approximate surface area is 196 Å². The van der Waals surface area contributed by atoms with E-state index in [2.05, 4.69) is 20.1 Å². The number of rotatable bonds is 7. The lowest BCUT2D eigenvalue weighted by Gasteiger charge is -2.12. The van der Waals surface area contributed by atoms with E-state index in [1.165, 1.54) is 42.5 Å². The summed E-state index contributed by atoms with van der Waals surface area (Å²) >= 11 is 0. The molecule has 2 aromatic heterocycles. The lowest BCUT2D eigenvalue weighted by atomic mass is 10.1. The highest BCUT2D eigenvalue weighted by Crippen LogP contribution is 2.22. The summed E-state index contributed by atoms with van der Waals surface area (Å²) in [4.78, 5) is 17.1. The second kappa shape index (κ2) is 9.22. The maximum atomic E-state index is 13.9. The van der Waals surface area contributed by atoms with Gasteiger partial charge in [-0.1, -0.05) is 18.2 Å². The maximum absolute atomic E-state index is 13.9. The SMILES string of the molecule is Cc1cc2nc(C)c(CCC(=O)Nc3cccc(S(=O)(=O)Nc4ccccc4F)c3)c(C)n2n1. The topological polar surface area (TPSA) is 105 Å². The van der Waals surface area contributed by atoms with Crippen LogP contribution in [0, 0.1) is 26.6 Å². The van der Waals surface area contributed by atoms with E-state index in [0.717, 1.165) is 28.3 Å². The van der Waals surface area contributed by atoms with Crippen molar-refractivity contribution in [3.63, 3.8) is 0 Å². The molecule has 0 unspecified atom stereocenters. The molecule has 0 aliphatic carbocycles. The molecule has 1 amide bonds. The van der Waals surface area contributed by atoms with Crippen LogP contribution in [0.15, 0.2) is 59.5 Å². The van der Waals surface area contributed by atoms with Crippen LogP contribution in [0.3, 0.4) is 0 Å². The van der Waals surface area contributed by atoms with Crippen molar-refractivity contribution in [2.24, 2.45) is 0 Å². The third kappa shape index (κ3) is 4.91. The predicted molar refractivity (Wildman–Crippen MR) is 128 cm³/mol. The molecule has 34 heavy (non-hydrogen) atoms. The van der Waals surface area contributed by atoms with E-state index in [0.29, 0.717) is 12.1 Å². The zero-order chi connectivity index (χ0) is 24.5. The Bertz CT molecular complexity index is 1500. The van der Waals surface area contributed by atoms with Gasteiger partial charge in [0.1, 0.15) is 5.82 Å². The minimum Gasteiger partial charge on any atom is -0.326 e. The smallest absolute Gasteiger partial charge is 0.262 e. The zero-order valence-corrected chi connectivity index (χ0v) is 19.8. The minimum atomic E-state index is -4.04. The van der Waals surface area contributed by atoms with Gasteiger partial charge in [0, 0.05) is 29.6 Å². The summed E-state index contributed by atoms with van der Waals surface area (Å²) < 4.78 is 43.2. The highest BCUT2D eigenvalue weighted by molar-refractivity contribution is 7.92. The zero-order valence-electron chi connectivity index (χ0n) is 19.0. The molecule has 8 nitrogen and oxygen atoms in total. The number of fused-ring (bicyclic) bond motifs is 1. The Morgan fingerprint density at radius 1 is 1.06 bits per heavy atom. The third-order valence-corrected chi connectivity index (χ3v) is 6.80. The summed E-state index contributed by atoms with van der Waals surface area (Å²) in [7, 11) is -4.04. The molecule has 176 valence electrons. The second-order valence-corrected chi connectivity index (χ2v) is 9.66. The first-order valence-electron chi connectivity index (χ1n) is 10.6. The molecule has 0 fully saturated rings. The molecule has 0 bridgehead atoms. The number of anilines is 2. The fourth-order valence-electron chi connectivity index (χ4n) is 3.75. The van der Waals surface area contributed by atoms with Crippen LogP contribution < -0.4 is 10.0 Å². The van der Waals surface area contributed by atoms with Crippen molar-refractivity contribution in [3.8, 4) is 0 Å². The van der Waals surface area contributed by atoms with Crippen LogP contribution in [0.4, 0.5) is 15.8 Å². The van der Waals surface area contributed by atoms with E-state index >= 15 is 0 Å². The average Bonchev–Trinajstić information content (AvgIpc) is 3.15. The standard InChI is InChI=1S/C24H24FN5O3S/c1-15-13-23-26-16(2)20(17(3)30(23)28-15)11-12-24(31)27-18-7-6-8-19(14-18)34(32,33)29-22-10-5-4-9-21(22)25/h4-10,13-14,29H,11-12H2,1-3H3,(H,27,31). The average molecular weight is 482 g/mol. The van der Waals surface area contributed by atoms with Gasteiger partial charge in [0.15, 0.2) is 5.65 Å². The molecule has 2 aromatic carbocycles. The molecule has 4 rings (SSSR count). The van der Waals surface area contributed by atoms with E-state index in [9.17, 15) is 17.6 Å². The molecule has 0 aliphatic heterocycles. The summed E-state index contributed by atoms with van der Waals surface area (Å²) in [5.41, 5.74) is 4.51. The molecule has 0 radical (unpaired) electrons. The number of amides is 1. The van der Waals surface area contributed by atoms with Gasteiger partial charge in [-0.3, -0.25) is 9.52 Å². The monoisotopic (exact) mass is 481 g/mol. The van der Waals surface area contributed by atoms with E-state index in [-0.39, 0.29) is 22.9 Å². The summed E-state index contributed by atoms with van der Waals surface area (Å²) in [5.74, 6) is -0.953. The predicted octanol–water partition coefficient (Wildman–Crippen LogP) is 4.17. The number of sulfonamides is 1. The van der Waals surface area contributed by atoms with Crippen LogP contribution in [0.5, 0.6) is 0 Å². The Hall–Kier alpha value is -3.79. The largest absolute Gasteiger partial charge is 0.326 e. The van der Waals surface area contributed by atoms with Crippen molar-refractivity contribution in [2.75, 3.05) is 10.0 Å². The summed E-state index contributed by atoms with van der Waals surface area (Å²) in [6.45, 7) is 5.74. The highest BCUT2D eigenvalue weighted by atomic mass is 32.2. The Balaban J connectivity index is 1.46. The Kier molecular flexibility index (Phi) is 6.34. The van der Waals surface area contributed by atoms with Crippen LogP contribution in [-0.4, -0.2) is 28.9 Å². The number of para-hydroxylation sites is 1. The van der Waals surface area contributed by atoms with Crippen LogP contribution in [0.1, 0.15) is 29.1 Å². The number of aromatic nitrogens is 3. The first-order valence-corrected chi connectivity index (χ1v) is 12.1. The molecule has 0 saturated heterocycles. The van der Waals surface area contributed by atoms with Crippen molar-refractivity contribution in [3.05, 3.63) is 83.1 Å². The number of halogens is 1. The molecule has 10 heteroatoms. The van der Waals surface area contributed by atoms with Gasteiger partial charge in [0.05, 0.1) is 16.3 Å². The van der Waals surface area contributed by atoms with Crippen LogP contribution in [0.25, 0.3) is 5.65 Å². The lowest BCUT2D eigenvalue weighted by Crippen LogP contribution is -2.16. The van der Waals surface area contributed by atoms with Gasteiger partial charge in [-0.25, -0.2) is 22.3 Å². The van der Waals surface area contributed by atoms with E-state index < -0.39 is 15.8 Å². The number of hydrogen-bond acceptors (Lipinski definition) is 5. The number of benzene rings is 2. The minimum absolute atomic E-state index is 0.0936. The van der Waals surface area contributed by atoms with Crippen molar-refractivity contribution >= 4 is 33.0 Å². The van der Waals surface area contributed by atoms with Gasteiger partial charge in [-0.15, -0.1) is 0 Å². The summed E-state index contributed by atoms with van der Waals surface area (Å²) in [6.07, 6.45) is 0.637. The molecule has 0 spiro atoms. The molecule has 4 aromatic rings. The molecule has 2 N–H and O–H groups in total. The first-order chi connectivity index (χ1) is 16.1. The van der Waals surface area contributed by atoms with E-state index in [4.69, 9.17) is 0 Å². The van der Waals surface area contributed by atoms with Crippen LogP contribution in [0.2, 0.25) is 0 Å². The van der Waals surface area contributed by atoms with E-state index in [1.54, 1.807) is 10.6 Å².